The van der Waals surface area contributed by atoms with Crippen LogP contribution >= 0.6 is 0 Å². The summed E-state index contributed by atoms with van der Waals surface area (Å²) in [5, 5.41) is 0. The summed E-state index contributed by atoms with van der Waals surface area (Å²) >= 11 is 0. The molecule has 1 aliphatic heterocycles. The molecule has 1 aromatic heterocycles. The molecule has 4 heteroatoms. The fourth-order valence-corrected chi connectivity index (χ4v) is 3.09. The van der Waals surface area contributed by atoms with E-state index < -0.39 is 0 Å². The second-order valence-electron chi connectivity index (χ2n) is 5.76. The minimum Gasteiger partial charge on any atom is -0.345 e. The summed E-state index contributed by atoms with van der Waals surface area (Å²) in [6.45, 7) is 1.53. The maximum Gasteiger partial charge on any atom is 0.227 e. The summed E-state index contributed by atoms with van der Waals surface area (Å²) in [4.78, 5) is 21.8. The maximum absolute atomic E-state index is 12.6. The highest BCUT2D eigenvalue weighted by Gasteiger charge is 2.20. The summed E-state index contributed by atoms with van der Waals surface area (Å²) < 4.78 is 0. The van der Waals surface area contributed by atoms with E-state index in [2.05, 4.69) is 28.2 Å². The van der Waals surface area contributed by atoms with Crippen LogP contribution < -0.4 is 0 Å². The Hall–Kier alpha value is -2.62. The number of hydrogen-bond acceptors (Lipinski definition) is 2. The monoisotopic (exact) mass is 291 g/mol. The number of hydrogen-bond donors (Lipinski definition) is 1. The quantitative estimate of drug-likeness (QED) is 0.789. The van der Waals surface area contributed by atoms with Gasteiger partial charge in [-0.2, -0.15) is 0 Å². The number of carbonyl (C=O) groups is 1. The lowest BCUT2D eigenvalue weighted by molar-refractivity contribution is -0.131. The second-order valence-corrected chi connectivity index (χ2v) is 5.76. The number of imidazole rings is 1. The summed E-state index contributed by atoms with van der Waals surface area (Å²) in [5.41, 5.74) is 5.58. The average Bonchev–Trinajstić information content (AvgIpc) is 3.02. The van der Waals surface area contributed by atoms with Gasteiger partial charge in [0.1, 0.15) is 0 Å². The molecule has 2 aromatic carbocycles. The Morgan fingerprint density at radius 2 is 2.05 bits per heavy atom. The molecular formula is C18H17N3O. The number of benzene rings is 2. The van der Waals surface area contributed by atoms with Gasteiger partial charge < -0.3 is 9.88 Å². The number of nitrogens with zero attached hydrogens (tertiary/aromatic N) is 2. The van der Waals surface area contributed by atoms with Crippen LogP contribution in [0, 0.1) is 0 Å². The molecule has 3 aromatic rings. The average molecular weight is 291 g/mol. The first-order valence-corrected chi connectivity index (χ1v) is 7.56. The van der Waals surface area contributed by atoms with Gasteiger partial charge in [0.15, 0.2) is 0 Å². The van der Waals surface area contributed by atoms with Crippen LogP contribution in [-0.2, 0) is 24.2 Å². The highest BCUT2D eigenvalue weighted by atomic mass is 16.2. The van der Waals surface area contributed by atoms with Crippen LogP contribution in [0.3, 0.4) is 0 Å². The summed E-state index contributed by atoms with van der Waals surface area (Å²) in [6.07, 6.45) is 3.07. The fraction of sp³-hybridized carbons (Fsp3) is 0.222. The Morgan fingerprint density at radius 3 is 2.95 bits per heavy atom. The zero-order valence-electron chi connectivity index (χ0n) is 12.2. The van der Waals surface area contributed by atoms with Gasteiger partial charge in [-0.1, -0.05) is 30.3 Å². The van der Waals surface area contributed by atoms with E-state index in [0.717, 1.165) is 36.1 Å². The Morgan fingerprint density at radius 1 is 1.18 bits per heavy atom. The molecule has 4 nitrogen and oxygen atoms in total. The summed E-state index contributed by atoms with van der Waals surface area (Å²) in [5.74, 6) is 0.188. The van der Waals surface area contributed by atoms with E-state index in [-0.39, 0.29) is 5.91 Å². The lowest BCUT2D eigenvalue weighted by Gasteiger charge is -2.29. The van der Waals surface area contributed by atoms with Crippen molar-refractivity contribution < 1.29 is 4.79 Å². The lowest BCUT2D eigenvalue weighted by Crippen LogP contribution is -2.36. The number of amides is 1. The molecule has 1 amide bonds. The molecule has 0 aliphatic carbocycles. The van der Waals surface area contributed by atoms with Crippen molar-refractivity contribution in [3.63, 3.8) is 0 Å². The molecule has 110 valence electrons. The minimum absolute atomic E-state index is 0.188. The first-order chi connectivity index (χ1) is 10.8. The highest BCUT2D eigenvalue weighted by Crippen LogP contribution is 2.20. The zero-order chi connectivity index (χ0) is 14.9. The molecular weight excluding hydrogens is 274 g/mol. The molecule has 0 fully saturated rings. The van der Waals surface area contributed by atoms with Crippen molar-refractivity contribution in [1.82, 2.24) is 14.9 Å². The smallest absolute Gasteiger partial charge is 0.227 e. The van der Waals surface area contributed by atoms with Gasteiger partial charge in [-0.25, -0.2) is 4.98 Å². The molecule has 0 atom stereocenters. The number of H-pyrrole nitrogens is 1. The third-order valence-corrected chi connectivity index (χ3v) is 4.32. The second kappa shape index (κ2) is 5.30. The highest BCUT2D eigenvalue weighted by molar-refractivity contribution is 5.81. The molecule has 1 aliphatic rings. The van der Waals surface area contributed by atoms with E-state index in [9.17, 15) is 4.79 Å². The maximum atomic E-state index is 12.6. The number of aromatic amines is 1. The first-order valence-electron chi connectivity index (χ1n) is 7.56. The van der Waals surface area contributed by atoms with E-state index in [4.69, 9.17) is 0 Å². The van der Waals surface area contributed by atoms with Gasteiger partial charge in [0.05, 0.1) is 23.8 Å². The predicted molar refractivity (Wildman–Crippen MR) is 85.4 cm³/mol. The molecule has 0 bridgehead atoms. The van der Waals surface area contributed by atoms with Crippen LogP contribution in [0.15, 0.2) is 48.8 Å². The standard InChI is InChI=1S/C18H17N3O/c22-18(10-13-5-6-16-17(9-13)20-12-19-16)21-8-7-14-3-1-2-4-15(14)11-21/h1-6,9,12H,7-8,10-11H2,(H,19,20). The van der Waals surface area contributed by atoms with E-state index in [1.807, 2.05) is 29.2 Å². The number of rotatable bonds is 2. The Kier molecular flexibility index (Phi) is 3.15. The zero-order valence-corrected chi connectivity index (χ0v) is 12.2. The lowest BCUT2D eigenvalue weighted by atomic mass is 9.99. The van der Waals surface area contributed by atoms with Crippen LogP contribution in [0.5, 0.6) is 0 Å². The largest absolute Gasteiger partial charge is 0.345 e. The number of aromatic nitrogens is 2. The van der Waals surface area contributed by atoms with Gasteiger partial charge in [0.2, 0.25) is 5.91 Å². The van der Waals surface area contributed by atoms with Gasteiger partial charge in [-0.05, 0) is 35.2 Å². The normalized spacial score (nSPS) is 14.1. The van der Waals surface area contributed by atoms with Crippen molar-refractivity contribution >= 4 is 16.9 Å². The van der Waals surface area contributed by atoms with Crippen LogP contribution in [0.1, 0.15) is 16.7 Å². The summed E-state index contributed by atoms with van der Waals surface area (Å²) in [6, 6.07) is 14.3. The summed E-state index contributed by atoms with van der Waals surface area (Å²) in [7, 11) is 0. The number of nitrogens with one attached hydrogen (secondary N) is 1. The van der Waals surface area contributed by atoms with Crippen molar-refractivity contribution in [2.24, 2.45) is 0 Å². The topological polar surface area (TPSA) is 49.0 Å². The number of fused-ring (bicyclic) bond motifs is 2. The molecule has 2 heterocycles. The van der Waals surface area contributed by atoms with E-state index in [1.54, 1.807) is 6.33 Å². The van der Waals surface area contributed by atoms with Gasteiger partial charge >= 0.3 is 0 Å². The van der Waals surface area contributed by atoms with E-state index in [0.29, 0.717) is 6.42 Å². The molecule has 0 saturated carbocycles. The molecule has 1 N–H and O–H groups in total. The molecule has 22 heavy (non-hydrogen) atoms. The van der Waals surface area contributed by atoms with Crippen LogP contribution in [-0.4, -0.2) is 27.3 Å². The number of carbonyl (C=O) groups excluding carboxylic acids is 1. The molecule has 0 saturated heterocycles. The molecule has 0 radical (unpaired) electrons. The Bertz CT molecular complexity index is 837. The Labute approximate surface area is 128 Å². The third-order valence-electron chi connectivity index (χ3n) is 4.32. The Balaban J connectivity index is 1.50. The van der Waals surface area contributed by atoms with Crippen LogP contribution in [0.2, 0.25) is 0 Å². The molecule has 0 unspecified atom stereocenters. The third kappa shape index (κ3) is 2.37. The van der Waals surface area contributed by atoms with Crippen molar-refractivity contribution in [3.05, 3.63) is 65.5 Å². The van der Waals surface area contributed by atoms with Crippen LogP contribution in [0.25, 0.3) is 11.0 Å². The van der Waals surface area contributed by atoms with Gasteiger partial charge in [-0.15, -0.1) is 0 Å². The SMILES string of the molecule is O=C(Cc1ccc2nc[nH]c2c1)N1CCc2ccccc2C1. The van der Waals surface area contributed by atoms with Crippen LogP contribution in [0.4, 0.5) is 0 Å². The predicted octanol–water partition coefficient (Wildman–Crippen LogP) is 2.69. The van der Waals surface area contributed by atoms with Crippen molar-refractivity contribution in [2.75, 3.05) is 6.54 Å². The van der Waals surface area contributed by atoms with E-state index in [1.165, 1.54) is 11.1 Å². The van der Waals surface area contributed by atoms with Gasteiger partial charge in [0, 0.05) is 13.1 Å². The minimum atomic E-state index is 0.188. The first kappa shape index (κ1) is 13.1. The molecule has 4 rings (SSSR count). The molecule has 0 spiro atoms. The van der Waals surface area contributed by atoms with Gasteiger partial charge in [0.25, 0.3) is 0 Å². The van der Waals surface area contributed by atoms with Gasteiger partial charge in [-0.3, -0.25) is 4.79 Å². The fourth-order valence-electron chi connectivity index (χ4n) is 3.09. The van der Waals surface area contributed by atoms with Crippen molar-refractivity contribution in [1.29, 1.82) is 0 Å². The van der Waals surface area contributed by atoms with Crippen molar-refractivity contribution in [3.8, 4) is 0 Å². The van der Waals surface area contributed by atoms with Crippen molar-refractivity contribution in [2.45, 2.75) is 19.4 Å². The van der Waals surface area contributed by atoms with E-state index >= 15 is 0 Å².